The zero-order valence-electron chi connectivity index (χ0n) is 17.5. The quantitative estimate of drug-likeness (QED) is 0.580. The van der Waals surface area contributed by atoms with Crippen LogP contribution in [0.3, 0.4) is 0 Å². The summed E-state index contributed by atoms with van der Waals surface area (Å²) in [5.74, 6) is -4.06. The minimum Gasteiger partial charge on any atom is -0.478 e. The lowest BCUT2D eigenvalue weighted by molar-refractivity contribution is -0.0180. The lowest BCUT2D eigenvalue weighted by Crippen LogP contribution is -2.26. The van der Waals surface area contributed by atoms with Crippen LogP contribution in [0.5, 0.6) is 0 Å². The molecule has 0 radical (unpaired) electrons. The largest absolute Gasteiger partial charge is 0.478 e. The Kier molecular flexibility index (Phi) is 5.74. The minimum atomic E-state index is -3.07. The van der Waals surface area contributed by atoms with Crippen LogP contribution in [0.1, 0.15) is 61.7 Å². The van der Waals surface area contributed by atoms with Crippen molar-refractivity contribution in [3.8, 4) is 11.1 Å². The van der Waals surface area contributed by atoms with Gasteiger partial charge in [-0.05, 0) is 43.5 Å². The first-order chi connectivity index (χ1) is 14.0. The van der Waals surface area contributed by atoms with Crippen LogP contribution < -0.4 is 0 Å². The summed E-state index contributed by atoms with van der Waals surface area (Å²) in [6.45, 7) is 7.09. The van der Waals surface area contributed by atoms with Crippen molar-refractivity contribution in [2.45, 2.75) is 52.0 Å². The molecule has 2 aromatic carbocycles. The van der Waals surface area contributed by atoms with Crippen LogP contribution in [0, 0.1) is 0 Å². The van der Waals surface area contributed by atoms with E-state index in [-0.39, 0.29) is 12.0 Å². The lowest BCUT2D eigenvalue weighted by atomic mass is 9.98. The van der Waals surface area contributed by atoms with Crippen molar-refractivity contribution in [1.82, 2.24) is 14.8 Å². The Labute approximate surface area is 174 Å². The van der Waals surface area contributed by atoms with E-state index >= 15 is 0 Å². The fourth-order valence-electron chi connectivity index (χ4n) is 3.22. The molecule has 30 heavy (non-hydrogen) atoms. The third-order valence-corrected chi connectivity index (χ3v) is 4.87. The van der Waals surface area contributed by atoms with Gasteiger partial charge in [-0.15, -0.1) is 5.10 Å². The van der Waals surface area contributed by atoms with Crippen molar-refractivity contribution < 1.29 is 18.7 Å². The van der Waals surface area contributed by atoms with Gasteiger partial charge in [0, 0.05) is 12.8 Å². The maximum atomic E-state index is 14.2. The predicted molar refractivity (Wildman–Crippen MR) is 111 cm³/mol. The van der Waals surface area contributed by atoms with E-state index in [1.165, 1.54) is 6.92 Å². The molecule has 0 saturated heterocycles. The van der Waals surface area contributed by atoms with Crippen molar-refractivity contribution in [2.75, 3.05) is 0 Å². The summed E-state index contributed by atoms with van der Waals surface area (Å²) in [6.07, 6.45) is -0.0246. The van der Waals surface area contributed by atoms with Crippen LogP contribution in [-0.4, -0.2) is 25.8 Å². The second-order valence-corrected chi connectivity index (χ2v) is 8.22. The summed E-state index contributed by atoms with van der Waals surface area (Å²) in [5, 5.41) is 13.5. The monoisotopic (exact) mass is 413 g/mol. The molecule has 0 bridgehead atoms. The third kappa shape index (κ3) is 4.40. The first kappa shape index (κ1) is 21.6. The summed E-state index contributed by atoms with van der Waals surface area (Å²) in [7, 11) is 0. The van der Waals surface area contributed by atoms with E-state index in [1.54, 1.807) is 28.9 Å². The topological polar surface area (TPSA) is 68.0 Å². The van der Waals surface area contributed by atoms with Crippen LogP contribution in [0.25, 0.3) is 11.1 Å². The summed E-state index contributed by atoms with van der Waals surface area (Å²) in [5.41, 5.74) is 2.00. The van der Waals surface area contributed by atoms with Crippen LogP contribution in [0.2, 0.25) is 0 Å². The Balaban J connectivity index is 1.94. The number of rotatable bonds is 6. The number of benzene rings is 2. The molecule has 7 heteroatoms. The first-order valence-corrected chi connectivity index (χ1v) is 9.79. The molecule has 1 heterocycles. The lowest BCUT2D eigenvalue weighted by Gasteiger charge is -2.21. The van der Waals surface area contributed by atoms with Crippen molar-refractivity contribution in [1.29, 1.82) is 0 Å². The van der Waals surface area contributed by atoms with Gasteiger partial charge < -0.3 is 5.11 Å². The molecule has 0 saturated carbocycles. The van der Waals surface area contributed by atoms with Crippen LogP contribution in [0.15, 0.2) is 48.5 Å². The molecule has 0 aliphatic heterocycles. The van der Waals surface area contributed by atoms with Gasteiger partial charge in [-0.25, -0.2) is 14.5 Å². The zero-order valence-corrected chi connectivity index (χ0v) is 17.5. The Morgan fingerprint density at radius 3 is 2.27 bits per heavy atom. The van der Waals surface area contributed by atoms with E-state index in [4.69, 9.17) is 0 Å². The average Bonchev–Trinajstić information content (AvgIpc) is 3.14. The second kappa shape index (κ2) is 7.97. The van der Waals surface area contributed by atoms with Crippen molar-refractivity contribution in [2.24, 2.45) is 0 Å². The molecule has 0 aliphatic rings. The summed E-state index contributed by atoms with van der Waals surface area (Å²) < 4.78 is 29.9. The van der Waals surface area contributed by atoms with E-state index in [0.717, 1.165) is 11.1 Å². The number of halogens is 2. The highest BCUT2D eigenvalue weighted by atomic mass is 19.3. The highest BCUT2D eigenvalue weighted by molar-refractivity contribution is 5.95. The highest BCUT2D eigenvalue weighted by Gasteiger charge is 2.36. The molecule has 158 valence electrons. The Bertz CT molecular complexity index is 1050. The molecule has 5 nitrogen and oxygen atoms in total. The Morgan fingerprint density at radius 1 is 1.07 bits per heavy atom. The van der Waals surface area contributed by atoms with Gasteiger partial charge in [-0.1, -0.05) is 49.4 Å². The van der Waals surface area contributed by atoms with Crippen LogP contribution >= 0.6 is 0 Å². The summed E-state index contributed by atoms with van der Waals surface area (Å²) >= 11 is 0. The van der Waals surface area contributed by atoms with Crippen LogP contribution in [0.4, 0.5) is 8.78 Å². The number of hydrogen-bond donors (Lipinski definition) is 1. The normalized spacial score (nSPS) is 12.2. The van der Waals surface area contributed by atoms with Gasteiger partial charge in [0.2, 0.25) is 5.82 Å². The Morgan fingerprint density at radius 2 is 1.70 bits per heavy atom. The van der Waals surface area contributed by atoms with E-state index in [1.807, 2.05) is 45.0 Å². The fraction of sp³-hybridized carbons (Fsp3) is 0.348. The maximum Gasteiger partial charge on any atom is 0.336 e. The maximum absolute atomic E-state index is 14.2. The molecule has 3 aromatic rings. The van der Waals surface area contributed by atoms with E-state index in [2.05, 4.69) is 10.1 Å². The molecular formula is C23H25F2N3O2. The van der Waals surface area contributed by atoms with Gasteiger partial charge in [0.1, 0.15) is 5.82 Å². The molecular weight excluding hydrogens is 388 g/mol. The molecule has 1 N–H and O–H groups in total. The van der Waals surface area contributed by atoms with Gasteiger partial charge in [0.05, 0.1) is 11.1 Å². The molecule has 0 fully saturated rings. The van der Waals surface area contributed by atoms with E-state index < -0.39 is 23.3 Å². The van der Waals surface area contributed by atoms with Gasteiger partial charge in [-0.3, -0.25) is 0 Å². The van der Waals surface area contributed by atoms with E-state index in [0.29, 0.717) is 17.8 Å². The van der Waals surface area contributed by atoms with Crippen molar-refractivity contribution >= 4 is 5.97 Å². The summed E-state index contributed by atoms with van der Waals surface area (Å²) in [6, 6.07) is 14.2. The second-order valence-electron chi connectivity index (χ2n) is 8.22. The van der Waals surface area contributed by atoms with Gasteiger partial charge in [0.15, 0.2) is 0 Å². The number of carboxylic acid groups (broad SMARTS) is 1. The molecule has 0 spiro atoms. The molecule has 1 aromatic heterocycles. The van der Waals surface area contributed by atoms with E-state index in [9.17, 15) is 18.7 Å². The summed E-state index contributed by atoms with van der Waals surface area (Å²) in [4.78, 5) is 15.6. The SMILES string of the molecule is CCC(F)(F)c1nc(Cc2ccc(-c3ccccc3C(=O)O)cc2)n(C(C)(C)C)n1. The average molecular weight is 413 g/mol. The number of aromatic nitrogens is 3. The number of nitrogens with zero attached hydrogens (tertiary/aromatic N) is 3. The number of alkyl halides is 2. The standard InChI is InChI=1S/C23H25F2N3O2/c1-5-23(24,25)21-26-19(28(27-21)22(2,3)4)14-15-10-12-16(13-11-15)17-8-6-7-9-18(17)20(29)30/h6-13H,5,14H2,1-4H3,(H,29,30). The number of hydrogen-bond acceptors (Lipinski definition) is 3. The molecule has 3 rings (SSSR count). The first-order valence-electron chi connectivity index (χ1n) is 9.79. The molecule has 0 amide bonds. The van der Waals surface area contributed by atoms with Crippen LogP contribution in [-0.2, 0) is 17.9 Å². The molecule has 0 aliphatic carbocycles. The fourth-order valence-corrected chi connectivity index (χ4v) is 3.22. The van der Waals surface area contributed by atoms with Gasteiger partial charge in [0.25, 0.3) is 0 Å². The number of carboxylic acids is 1. The zero-order chi connectivity index (χ0) is 22.1. The predicted octanol–water partition coefficient (Wildman–Crippen LogP) is 5.49. The number of carbonyl (C=O) groups is 1. The van der Waals surface area contributed by atoms with Gasteiger partial charge >= 0.3 is 11.9 Å². The van der Waals surface area contributed by atoms with Gasteiger partial charge in [-0.2, -0.15) is 8.78 Å². The van der Waals surface area contributed by atoms with Crippen molar-refractivity contribution in [3.05, 3.63) is 71.3 Å². The number of aromatic carboxylic acids is 1. The highest BCUT2D eigenvalue weighted by Crippen LogP contribution is 2.31. The minimum absolute atomic E-state index is 0.226. The Hall–Kier alpha value is -3.09. The third-order valence-electron chi connectivity index (χ3n) is 4.87. The smallest absolute Gasteiger partial charge is 0.336 e. The molecule has 0 atom stereocenters. The molecule has 0 unspecified atom stereocenters. The van der Waals surface area contributed by atoms with Crippen molar-refractivity contribution in [3.63, 3.8) is 0 Å².